The molecule has 0 spiro atoms. The van der Waals surface area contributed by atoms with Gasteiger partial charge in [-0.3, -0.25) is 4.68 Å². The van der Waals surface area contributed by atoms with Crippen molar-refractivity contribution in [2.24, 2.45) is 7.05 Å². The lowest BCUT2D eigenvalue weighted by Gasteiger charge is -2.07. The van der Waals surface area contributed by atoms with E-state index in [2.05, 4.69) is 30.4 Å². The Balaban J connectivity index is 2.10. The van der Waals surface area contributed by atoms with E-state index in [1.807, 2.05) is 26.2 Å². The van der Waals surface area contributed by atoms with Gasteiger partial charge in [-0.25, -0.2) is 19.9 Å². The summed E-state index contributed by atoms with van der Waals surface area (Å²) in [6.45, 7) is 2.81. The Morgan fingerprint density at radius 2 is 2.14 bits per heavy atom. The van der Waals surface area contributed by atoms with Crippen molar-refractivity contribution in [2.45, 2.75) is 6.92 Å². The molecule has 106 valence electrons. The van der Waals surface area contributed by atoms with Crippen molar-refractivity contribution in [3.8, 4) is 22.8 Å². The molecule has 0 saturated heterocycles. The molecule has 0 aliphatic carbocycles. The van der Waals surface area contributed by atoms with Gasteiger partial charge in [-0.2, -0.15) is 5.10 Å². The Kier molecular flexibility index (Phi) is 3.55. The average molecular weight is 281 g/mol. The second-order valence-electron chi connectivity index (χ2n) is 4.49. The molecular formula is C14H15N7. The lowest BCUT2D eigenvalue weighted by molar-refractivity contribution is 0.768. The van der Waals surface area contributed by atoms with E-state index in [0.29, 0.717) is 11.5 Å². The minimum Gasteiger partial charge on any atom is -0.370 e. The second-order valence-corrected chi connectivity index (χ2v) is 4.49. The predicted octanol–water partition coefficient (Wildman–Crippen LogP) is 1.77. The van der Waals surface area contributed by atoms with E-state index in [1.165, 1.54) is 6.33 Å². The summed E-state index contributed by atoms with van der Waals surface area (Å²) in [4.78, 5) is 17.2. The Morgan fingerprint density at radius 3 is 2.81 bits per heavy atom. The van der Waals surface area contributed by atoms with Gasteiger partial charge in [-0.15, -0.1) is 0 Å². The maximum atomic E-state index is 4.57. The van der Waals surface area contributed by atoms with Crippen LogP contribution in [0.5, 0.6) is 0 Å². The Morgan fingerprint density at radius 1 is 1.24 bits per heavy atom. The van der Waals surface area contributed by atoms with Crippen LogP contribution < -0.4 is 5.32 Å². The number of nitrogens with zero attached hydrogens (tertiary/aromatic N) is 6. The third kappa shape index (κ3) is 2.86. The highest BCUT2D eigenvalue weighted by Crippen LogP contribution is 2.22. The molecule has 7 heteroatoms. The van der Waals surface area contributed by atoms with Gasteiger partial charge in [-0.1, -0.05) is 0 Å². The molecule has 0 saturated carbocycles. The van der Waals surface area contributed by atoms with Crippen LogP contribution >= 0.6 is 0 Å². The molecule has 0 atom stereocenters. The van der Waals surface area contributed by atoms with Crippen molar-refractivity contribution in [3.05, 3.63) is 37.1 Å². The first kappa shape index (κ1) is 13.2. The molecule has 1 N–H and O–H groups in total. The number of anilines is 1. The molecule has 0 bridgehead atoms. The van der Waals surface area contributed by atoms with Crippen molar-refractivity contribution in [1.29, 1.82) is 0 Å². The molecule has 0 fully saturated rings. The van der Waals surface area contributed by atoms with Crippen molar-refractivity contribution in [1.82, 2.24) is 29.7 Å². The highest BCUT2D eigenvalue weighted by atomic mass is 15.2. The summed E-state index contributed by atoms with van der Waals surface area (Å²) in [5.74, 6) is 1.33. The molecule has 0 aromatic carbocycles. The van der Waals surface area contributed by atoms with Gasteiger partial charge in [-0.05, 0) is 13.0 Å². The highest BCUT2D eigenvalue weighted by Gasteiger charge is 2.10. The molecule has 21 heavy (non-hydrogen) atoms. The third-order valence-corrected chi connectivity index (χ3v) is 2.90. The minimum atomic E-state index is 0.565. The molecule has 0 amide bonds. The van der Waals surface area contributed by atoms with E-state index in [9.17, 15) is 0 Å². The number of hydrogen-bond acceptors (Lipinski definition) is 6. The van der Waals surface area contributed by atoms with E-state index < -0.39 is 0 Å². The van der Waals surface area contributed by atoms with Gasteiger partial charge in [0.05, 0.1) is 11.9 Å². The SMILES string of the molecule is CCNc1cc(-c2cnn(C)c2)nc(-c2ccncn2)n1. The zero-order valence-electron chi connectivity index (χ0n) is 11.9. The van der Waals surface area contributed by atoms with Crippen LogP contribution in [0.15, 0.2) is 37.1 Å². The monoisotopic (exact) mass is 281 g/mol. The zero-order valence-corrected chi connectivity index (χ0v) is 11.9. The molecule has 3 rings (SSSR count). The maximum absolute atomic E-state index is 4.57. The molecule has 3 aromatic heterocycles. The van der Waals surface area contributed by atoms with E-state index in [1.54, 1.807) is 23.1 Å². The minimum absolute atomic E-state index is 0.565. The first-order valence-corrected chi connectivity index (χ1v) is 6.64. The van der Waals surface area contributed by atoms with Crippen molar-refractivity contribution < 1.29 is 0 Å². The van der Waals surface area contributed by atoms with Gasteiger partial charge in [0.25, 0.3) is 0 Å². The predicted molar refractivity (Wildman–Crippen MR) is 79.4 cm³/mol. The van der Waals surface area contributed by atoms with Gasteiger partial charge in [0.2, 0.25) is 0 Å². The number of aryl methyl sites for hydroxylation is 1. The van der Waals surface area contributed by atoms with Crippen LogP contribution in [0.2, 0.25) is 0 Å². The van der Waals surface area contributed by atoms with Gasteiger partial charge >= 0.3 is 0 Å². The smallest absolute Gasteiger partial charge is 0.180 e. The summed E-state index contributed by atoms with van der Waals surface area (Å²) in [7, 11) is 1.88. The van der Waals surface area contributed by atoms with Crippen molar-refractivity contribution in [3.63, 3.8) is 0 Å². The highest BCUT2D eigenvalue weighted by molar-refractivity contribution is 5.65. The van der Waals surface area contributed by atoms with E-state index in [-0.39, 0.29) is 0 Å². The largest absolute Gasteiger partial charge is 0.370 e. The molecular weight excluding hydrogens is 266 g/mol. The van der Waals surface area contributed by atoms with Crippen LogP contribution in [-0.2, 0) is 7.05 Å². The van der Waals surface area contributed by atoms with Gasteiger partial charge in [0.15, 0.2) is 5.82 Å². The van der Waals surface area contributed by atoms with Gasteiger partial charge in [0.1, 0.15) is 17.8 Å². The van der Waals surface area contributed by atoms with Crippen LogP contribution in [0.4, 0.5) is 5.82 Å². The summed E-state index contributed by atoms with van der Waals surface area (Å²) < 4.78 is 1.74. The first-order valence-electron chi connectivity index (χ1n) is 6.64. The molecule has 3 aromatic rings. The first-order chi connectivity index (χ1) is 10.3. The second kappa shape index (κ2) is 5.66. The van der Waals surface area contributed by atoms with Crippen LogP contribution in [-0.4, -0.2) is 36.3 Å². The van der Waals surface area contributed by atoms with Crippen LogP contribution in [0, 0.1) is 0 Å². The number of aromatic nitrogens is 6. The van der Waals surface area contributed by atoms with Crippen molar-refractivity contribution >= 4 is 5.82 Å². The molecule has 0 unspecified atom stereocenters. The summed E-state index contributed by atoms with van der Waals surface area (Å²) in [5.41, 5.74) is 2.44. The summed E-state index contributed by atoms with van der Waals surface area (Å²) in [6.07, 6.45) is 6.86. The number of nitrogens with one attached hydrogen (secondary N) is 1. The lowest BCUT2D eigenvalue weighted by Crippen LogP contribution is -2.03. The van der Waals surface area contributed by atoms with Crippen LogP contribution in [0.3, 0.4) is 0 Å². The third-order valence-electron chi connectivity index (χ3n) is 2.90. The zero-order chi connectivity index (χ0) is 14.7. The fraction of sp³-hybridized carbons (Fsp3) is 0.214. The molecule has 7 nitrogen and oxygen atoms in total. The van der Waals surface area contributed by atoms with Gasteiger partial charge in [0, 0.05) is 37.6 Å². The normalized spacial score (nSPS) is 10.6. The van der Waals surface area contributed by atoms with E-state index in [0.717, 1.165) is 23.6 Å². The van der Waals surface area contributed by atoms with Crippen LogP contribution in [0.25, 0.3) is 22.8 Å². The summed E-state index contributed by atoms with van der Waals surface area (Å²) >= 11 is 0. The molecule has 3 heterocycles. The van der Waals surface area contributed by atoms with E-state index in [4.69, 9.17) is 0 Å². The standard InChI is InChI=1S/C14H15N7/c1-3-16-13-6-12(10-7-18-21(2)8-10)19-14(20-13)11-4-5-15-9-17-11/h4-9H,3H2,1-2H3,(H,16,19,20). The Bertz CT molecular complexity index is 736. The quantitative estimate of drug-likeness (QED) is 0.785. The Hall–Kier alpha value is -2.83. The fourth-order valence-corrected chi connectivity index (χ4v) is 1.96. The average Bonchev–Trinajstić information content (AvgIpc) is 2.95. The topological polar surface area (TPSA) is 81.4 Å². The van der Waals surface area contributed by atoms with Crippen molar-refractivity contribution in [2.75, 3.05) is 11.9 Å². The Labute approximate surface area is 122 Å². The molecule has 0 radical (unpaired) electrons. The maximum Gasteiger partial charge on any atom is 0.180 e. The lowest BCUT2D eigenvalue weighted by atomic mass is 10.2. The van der Waals surface area contributed by atoms with Gasteiger partial charge < -0.3 is 5.32 Å². The fourth-order valence-electron chi connectivity index (χ4n) is 1.96. The molecule has 0 aliphatic rings. The van der Waals surface area contributed by atoms with Crippen LogP contribution in [0.1, 0.15) is 6.92 Å². The number of rotatable bonds is 4. The summed E-state index contributed by atoms with van der Waals surface area (Å²) in [5, 5.41) is 7.39. The van der Waals surface area contributed by atoms with E-state index >= 15 is 0 Å². The molecule has 0 aliphatic heterocycles. The summed E-state index contributed by atoms with van der Waals surface area (Å²) in [6, 6.07) is 3.70. The number of hydrogen-bond donors (Lipinski definition) is 1.